The third kappa shape index (κ3) is 2.01. The molecule has 2 bridgehead atoms. The van der Waals surface area contributed by atoms with Crippen molar-refractivity contribution in [1.29, 1.82) is 0 Å². The van der Waals surface area contributed by atoms with Crippen molar-refractivity contribution < 1.29 is 4.79 Å². The number of hydrogen-bond donors (Lipinski definition) is 1. The summed E-state index contributed by atoms with van der Waals surface area (Å²) in [6.45, 7) is 5.56. The van der Waals surface area contributed by atoms with Gasteiger partial charge in [-0.25, -0.2) is 0 Å². The minimum Gasteiger partial charge on any atom is -0.325 e. The average Bonchev–Trinajstić information content (AvgIpc) is 2.77. The molecule has 1 saturated heterocycles. The van der Waals surface area contributed by atoms with Crippen molar-refractivity contribution in [3.63, 3.8) is 0 Å². The van der Waals surface area contributed by atoms with E-state index in [2.05, 4.69) is 24.1 Å². The second kappa shape index (κ2) is 4.46. The Bertz CT molecular complexity index is 415. The molecule has 1 spiro atoms. The third-order valence-corrected chi connectivity index (χ3v) is 6.25. The lowest BCUT2D eigenvalue weighted by Gasteiger charge is -2.31. The monoisotopic (exact) mass is 276 g/mol. The Morgan fingerprint density at radius 2 is 2.10 bits per heavy atom. The molecule has 3 nitrogen and oxygen atoms in total. The van der Waals surface area contributed by atoms with E-state index < -0.39 is 0 Å². The molecule has 4 atom stereocenters. The van der Waals surface area contributed by atoms with Gasteiger partial charge in [-0.15, -0.1) is 0 Å². The minimum absolute atomic E-state index is 0.128. The number of nitrogens with one attached hydrogen (secondary N) is 1. The maximum Gasteiger partial charge on any atom is 0.244 e. The van der Waals surface area contributed by atoms with Gasteiger partial charge >= 0.3 is 0 Å². The first kappa shape index (κ1) is 13.1. The van der Waals surface area contributed by atoms with Gasteiger partial charge in [0.2, 0.25) is 5.91 Å². The molecule has 1 heterocycles. The van der Waals surface area contributed by atoms with E-state index >= 15 is 0 Å². The number of carbonyl (C=O) groups excluding carboxylic acids is 1. The van der Waals surface area contributed by atoms with Gasteiger partial charge < -0.3 is 4.90 Å². The molecule has 3 heteroatoms. The summed E-state index contributed by atoms with van der Waals surface area (Å²) in [6.07, 6.45) is 9.24. The normalized spacial score (nSPS) is 41.4. The molecular weight excluding hydrogens is 248 g/mol. The molecule has 0 aromatic carbocycles. The first-order valence-electron chi connectivity index (χ1n) is 8.66. The highest BCUT2D eigenvalue weighted by Crippen LogP contribution is 2.50. The second-order valence-electron chi connectivity index (χ2n) is 8.26. The van der Waals surface area contributed by atoms with E-state index in [1.165, 1.54) is 25.7 Å². The maximum absolute atomic E-state index is 12.7. The molecule has 0 radical (unpaired) electrons. The van der Waals surface area contributed by atoms with Crippen LogP contribution in [-0.4, -0.2) is 29.1 Å². The van der Waals surface area contributed by atoms with Crippen LogP contribution < -0.4 is 5.32 Å². The Morgan fingerprint density at radius 3 is 2.65 bits per heavy atom. The molecular formula is C17H28N2O. The number of hydrogen-bond acceptors (Lipinski definition) is 2. The van der Waals surface area contributed by atoms with Crippen LogP contribution in [0.5, 0.6) is 0 Å². The molecule has 1 amide bonds. The Balaban J connectivity index is 1.47. The lowest BCUT2D eigenvalue weighted by Crippen LogP contribution is -2.42. The summed E-state index contributed by atoms with van der Waals surface area (Å²) in [6, 6.07) is 0. The largest absolute Gasteiger partial charge is 0.325 e. The van der Waals surface area contributed by atoms with Gasteiger partial charge in [0, 0.05) is 6.54 Å². The van der Waals surface area contributed by atoms with Crippen LogP contribution in [0.4, 0.5) is 0 Å². The van der Waals surface area contributed by atoms with E-state index in [9.17, 15) is 4.79 Å². The zero-order valence-electron chi connectivity index (χ0n) is 12.9. The van der Waals surface area contributed by atoms with E-state index in [4.69, 9.17) is 0 Å². The quantitative estimate of drug-likeness (QED) is 0.856. The van der Waals surface area contributed by atoms with Gasteiger partial charge in [0.25, 0.3) is 0 Å². The molecule has 1 N–H and O–H groups in total. The van der Waals surface area contributed by atoms with Crippen molar-refractivity contribution >= 4 is 5.91 Å². The molecule has 4 rings (SSSR count). The number of amides is 1. The van der Waals surface area contributed by atoms with Gasteiger partial charge in [-0.05, 0) is 62.2 Å². The van der Waals surface area contributed by atoms with Crippen LogP contribution in [0, 0.1) is 23.7 Å². The predicted octanol–water partition coefficient (Wildman–Crippen LogP) is 2.76. The van der Waals surface area contributed by atoms with Crippen molar-refractivity contribution in [2.75, 3.05) is 6.54 Å². The Labute approximate surface area is 122 Å². The van der Waals surface area contributed by atoms with Crippen molar-refractivity contribution in [3.05, 3.63) is 0 Å². The Kier molecular flexibility index (Phi) is 2.93. The van der Waals surface area contributed by atoms with Crippen LogP contribution in [0.3, 0.4) is 0 Å². The molecule has 112 valence electrons. The van der Waals surface area contributed by atoms with Crippen molar-refractivity contribution in [3.8, 4) is 0 Å². The predicted molar refractivity (Wildman–Crippen MR) is 79.0 cm³/mol. The van der Waals surface area contributed by atoms with Gasteiger partial charge in [-0.2, -0.15) is 0 Å². The first-order chi connectivity index (χ1) is 9.57. The van der Waals surface area contributed by atoms with E-state index in [1.54, 1.807) is 0 Å². The third-order valence-electron chi connectivity index (χ3n) is 6.25. The van der Waals surface area contributed by atoms with Crippen molar-refractivity contribution in [1.82, 2.24) is 10.2 Å². The highest BCUT2D eigenvalue weighted by Gasteiger charge is 2.59. The van der Waals surface area contributed by atoms with Gasteiger partial charge in [-0.1, -0.05) is 20.3 Å². The van der Waals surface area contributed by atoms with Gasteiger partial charge in [0.05, 0.1) is 11.7 Å². The molecule has 0 aromatic rings. The van der Waals surface area contributed by atoms with Crippen LogP contribution in [0.2, 0.25) is 0 Å². The van der Waals surface area contributed by atoms with Crippen molar-refractivity contribution in [2.24, 2.45) is 23.7 Å². The summed E-state index contributed by atoms with van der Waals surface area (Å²) >= 11 is 0. The second-order valence-corrected chi connectivity index (χ2v) is 8.26. The summed E-state index contributed by atoms with van der Waals surface area (Å²) in [4.78, 5) is 15.0. The van der Waals surface area contributed by atoms with Gasteiger partial charge in [0.15, 0.2) is 0 Å². The number of nitrogens with zero attached hydrogens (tertiary/aromatic N) is 1. The maximum atomic E-state index is 12.7. The molecule has 4 unspecified atom stereocenters. The molecule has 3 saturated carbocycles. The standard InChI is InChI=1S/C17H28N2O/c1-11(2)7-15-18-17(5-6-17)16(20)19(15)10-14-9-12-3-4-13(14)8-12/h11-15,18H,3-10H2,1-2H3. The molecule has 3 aliphatic carbocycles. The fourth-order valence-corrected chi connectivity index (χ4v) is 5.05. The summed E-state index contributed by atoms with van der Waals surface area (Å²) in [5.41, 5.74) is -0.128. The minimum atomic E-state index is -0.128. The topological polar surface area (TPSA) is 32.3 Å². The average molecular weight is 276 g/mol. The van der Waals surface area contributed by atoms with Crippen LogP contribution in [0.25, 0.3) is 0 Å². The fourth-order valence-electron chi connectivity index (χ4n) is 5.05. The highest BCUT2D eigenvalue weighted by atomic mass is 16.2. The summed E-state index contributed by atoms with van der Waals surface area (Å²) in [5.74, 6) is 3.77. The van der Waals surface area contributed by atoms with Gasteiger partial charge in [0.1, 0.15) is 0 Å². The number of fused-ring (bicyclic) bond motifs is 2. The first-order valence-corrected chi connectivity index (χ1v) is 8.66. The Hall–Kier alpha value is -0.570. The summed E-state index contributed by atoms with van der Waals surface area (Å²) < 4.78 is 0. The fraction of sp³-hybridized carbons (Fsp3) is 0.941. The molecule has 1 aliphatic heterocycles. The number of rotatable bonds is 4. The number of carbonyl (C=O) groups is 1. The lowest BCUT2D eigenvalue weighted by atomic mass is 9.88. The van der Waals surface area contributed by atoms with E-state index in [1.807, 2.05) is 0 Å². The molecule has 4 fully saturated rings. The van der Waals surface area contributed by atoms with Gasteiger partial charge in [-0.3, -0.25) is 10.1 Å². The smallest absolute Gasteiger partial charge is 0.244 e. The van der Waals surface area contributed by atoms with Crippen LogP contribution in [0.1, 0.15) is 58.8 Å². The molecule has 4 aliphatic rings. The molecule has 0 aromatic heterocycles. The van der Waals surface area contributed by atoms with Crippen LogP contribution >= 0.6 is 0 Å². The summed E-state index contributed by atoms with van der Waals surface area (Å²) in [5, 5.41) is 3.67. The zero-order chi connectivity index (χ0) is 13.9. The Morgan fingerprint density at radius 1 is 1.30 bits per heavy atom. The van der Waals surface area contributed by atoms with E-state index in [0.717, 1.165) is 43.6 Å². The van der Waals surface area contributed by atoms with Crippen LogP contribution in [-0.2, 0) is 4.79 Å². The summed E-state index contributed by atoms with van der Waals surface area (Å²) in [7, 11) is 0. The zero-order valence-corrected chi connectivity index (χ0v) is 12.9. The molecule has 20 heavy (non-hydrogen) atoms. The van der Waals surface area contributed by atoms with E-state index in [-0.39, 0.29) is 5.54 Å². The SMILES string of the molecule is CC(C)CC1NC2(CC2)C(=O)N1CC1CC2CCC1C2. The van der Waals surface area contributed by atoms with Crippen LogP contribution in [0.15, 0.2) is 0 Å². The lowest BCUT2D eigenvalue weighted by molar-refractivity contribution is -0.131. The van der Waals surface area contributed by atoms with Crippen molar-refractivity contribution in [2.45, 2.75) is 70.5 Å². The highest BCUT2D eigenvalue weighted by molar-refractivity contribution is 5.91. The van der Waals surface area contributed by atoms with E-state index in [0.29, 0.717) is 18.0 Å².